The topological polar surface area (TPSA) is 52.4 Å². The van der Waals surface area contributed by atoms with Gasteiger partial charge < -0.3 is 4.74 Å². The van der Waals surface area contributed by atoms with Crippen molar-refractivity contribution in [2.24, 2.45) is 0 Å². The molecule has 0 saturated carbocycles. The summed E-state index contributed by atoms with van der Waals surface area (Å²) in [6.45, 7) is 0. The first-order valence-electron chi connectivity index (χ1n) is 5.15. The van der Waals surface area contributed by atoms with E-state index < -0.39 is 22.2 Å². The highest BCUT2D eigenvalue weighted by Gasteiger charge is 2.20. The van der Waals surface area contributed by atoms with Crippen molar-refractivity contribution in [1.82, 2.24) is 0 Å². The van der Waals surface area contributed by atoms with Crippen molar-refractivity contribution in [3.63, 3.8) is 0 Å². The molecule has 0 heterocycles. The summed E-state index contributed by atoms with van der Waals surface area (Å²) in [6, 6.07) is 5.34. The molecule has 0 aliphatic heterocycles. The minimum absolute atomic E-state index is 0.130. The van der Waals surface area contributed by atoms with E-state index in [1.54, 1.807) is 0 Å². The lowest BCUT2D eigenvalue weighted by Gasteiger charge is -2.08. The molecule has 0 aliphatic carbocycles. The summed E-state index contributed by atoms with van der Waals surface area (Å²) in [5.41, 5.74) is -0.577. The maximum atomic E-state index is 13.2. The fourth-order valence-electron chi connectivity index (χ4n) is 1.41. The van der Waals surface area contributed by atoms with E-state index in [0.29, 0.717) is 6.07 Å². The number of hydrogen-bond acceptors (Lipinski definition) is 3. The van der Waals surface area contributed by atoms with Gasteiger partial charge in [-0.25, -0.2) is 8.78 Å². The van der Waals surface area contributed by atoms with Crippen molar-refractivity contribution in [3.05, 3.63) is 61.6 Å². The summed E-state index contributed by atoms with van der Waals surface area (Å²) in [5, 5.41) is 10.5. The summed E-state index contributed by atoms with van der Waals surface area (Å²) in [7, 11) is 0. The maximum absolute atomic E-state index is 13.2. The third kappa shape index (κ3) is 3.05. The fraction of sp³-hybridized carbons (Fsp3) is 0. The van der Waals surface area contributed by atoms with Crippen molar-refractivity contribution < 1.29 is 18.4 Å². The van der Waals surface area contributed by atoms with E-state index in [1.165, 1.54) is 12.1 Å². The van der Waals surface area contributed by atoms with Gasteiger partial charge in [0.05, 0.1) is 20.5 Å². The van der Waals surface area contributed by atoms with Gasteiger partial charge in [0.1, 0.15) is 17.4 Å². The van der Waals surface area contributed by atoms with Crippen molar-refractivity contribution in [2.45, 2.75) is 0 Å². The lowest BCUT2D eigenvalue weighted by atomic mass is 10.2. The Bertz CT molecular complexity index is 697. The molecule has 0 fully saturated rings. The zero-order valence-electron chi connectivity index (χ0n) is 9.57. The number of rotatable bonds is 3. The van der Waals surface area contributed by atoms with Gasteiger partial charge in [-0.1, -0.05) is 11.6 Å². The quantitative estimate of drug-likeness (QED) is 0.563. The molecule has 0 aromatic heterocycles. The molecule has 2 rings (SSSR count). The number of benzene rings is 2. The van der Waals surface area contributed by atoms with E-state index in [4.69, 9.17) is 16.3 Å². The van der Waals surface area contributed by atoms with E-state index in [-0.39, 0.29) is 21.0 Å². The van der Waals surface area contributed by atoms with Crippen LogP contribution in [0, 0.1) is 21.7 Å². The van der Waals surface area contributed by atoms with Gasteiger partial charge in [0.15, 0.2) is 0 Å². The molecule has 0 atom stereocenters. The van der Waals surface area contributed by atoms with Crippen molar-refractivity contribution in [2.75, 3.05) is 0 Å². The van der Waals surface area contributed by atoms with Crippen LogP contribution < -0.4 is 4.74 Å². The summed E-state index contributed by atoms with van der Waals surface area (Å²) < 4.78 is 31.7. The van der Waals surface area contributed by atoms with Crippen molar-refractivity contribution in [3.8, 4) is 11.5 Å². The normalized spacial score (nSPS) is 10.4. The first kappa shape index (κ1) is 14.7. The highest BCUT2D eigenvalue weighted by atomic mass is 79.9. The van der Waals surface area contributed by atoms with Crippen LogP contribution in [0.1, 0.15) is 0 Å². The fourth-order valence-corrected chi connectivity index (χ4v) is 1.92. The Morgan fingerprint density at radius 2 is 1.90 bits per heavy atom. The lowest BCUT2D eigenvalue weighted by Crippen LogP contribution is -1.95. The van der Waals surface area contributed by atoms with Gasteiger partial charge in [-0.3, -0.25) is 10.1 Å². The van der Waals surface area contributed by atoms with Gasteiger partial charge in [-0.2, -0.15) is 0 Å². The van der Waals surface area contributed by atoms with Gasteiger partial charge in [0, 0.05) is 6.07 Å². The van der Waals surface area contributed by atoms with Gasteiger partial charge in [-0.15, -0.1) is 0 Å². The number of nitro groups is 1. The number of ether oxygens (including phenoxy) is 1. The molecule has 0 spiro atoms. The second kappa shape index (κ2) is 5.72. The number of halogens is 4. The van der Waals surface area contributed by atoms with Crippen LogP contribution in [0.15, 0.2) is 34.8 Å². The molecule has 0 unspecified atom stereocenters. The number of nitro benzene ring substituents is 1. The predicted octanol–water partition coefficient (Wildman–Crippen LogP) is 5.08. The van der Waals surface area contributed by atoms with Crippen LogP contribution in [-0.2, 0) is 0 Å². The first-order valence-corrected chi connectivity index (χ1v) is 6.32. The average molecular weight is 365 g/mol. The Morgan fingerprint density at radius 3 is 2.50 bits per heavy atom. The molecule has 0 amide bonds. The maximum Gasteiger partial charge on any atom is 0.314 e. The summed E-state index contributed by atoms with van der Waals surface area (Å²) in [5.74, 6) is -1.53. The number of hydrogen-bond donors (Lipinski definition) is 0. The Labute approximate surface area is 125 Å². The summed E-state index contributed by atoms with van der Waals surface area (Å²) >= 11 is 8.52. The molecule has 104 valence electrons. The third-order valence-corrected chi connectivity index (χ3v) is 3.21. The second-order valence-electron chi connectivity index (χ2n) is 3.67. The molecule has 0 saturated heterocycles. The molecule has 2 aromatic carbocycles. The molecule has 4 nitrogen and oxygen atoms in total. The SMILES string of the molecule is O=[N+]([O-])c1cc(F)c(Cl)cc1Oc1ccc(F)c(Br)c1. The minimum Gasteiger partial charge on any atom is -0.450 e. The number of nitrogens with zero attached hydrogens (tertiary/aromatic N) is 1. The third-order valence-electron chi connectivity index (χ3n) is 2.32. The first-order chi connectivity index (χ1) is 9.38. The van der Waals surface area contributed by atoms with Crippen LogP contribution in [0.5, 0.6) is 11.5 Å². The van der Waals surface area contributed by atoms with Gasteiger partial charge in [0.2, 0.25) is 5.75 Å². The molecular formula is C12H5BrClF2NO3. The smallest absolute Gasteiger partial charge is 0.314 e. The van der Waals surface area contributed by atoms with Gasteiger partial charge in [-0.05, 0) is 34.1 Å². The Morgan fingerprint density at radius 1 is 1.20 bits per heavy atom. The Hall–Kier alpha value is -1.73. The molecular weight excluding hydrogens is 359 g/mol. The van der Waals surface area contributed by atoms with Gasteiger partial charge in [0.25, 0.3) is 0 Å². The highest BCUT2D eigenvalue weighted by Crippen LogP contribution is 2.36. The minimum atomic E-state index is -0.925. The van der Waals surface area contributed by atoms with E-state index in [9.17, 15) is 18.9 Å². The Kier molecular flexibility index (Phi) is 4.20. The summed E-state index contributed by atoms with van der Waals surface area (Å²) in [4.78, 5) is 10.0. The molecule has 0 aliphatic rings. The standard InChI is InChI=1S/C12H5BrClF2NO3/c13-7-3-6(1-2-9(7)15)20-12-4-8(14)10(16)5-11(12)17(18)19/h1-5H. The molecule has 2 aromatic rings. The van der Waals surface area contributed by atoms with Gasteiger partial charge >= 0.3 is 5.69 Å². The largest absolute Gasteiger partial charge is 0.450 e. The zero-order chi connectivity index (χ0) is 14.9. The van der Waals surface area contributed by atoms with E-state index in [2.05, 4.69) is 15.9 Å². The zero-order valence-corrected chi connectivity index (χ0v) is 11.9. The van der Waals surface area contributed by atoms with Crippen LogP contribution in [0.25, 0.3) is 0 Å². The van der Waals surface area contributed by atoms with E-state index in [0.717, 1.165) is 12.1 Å². The van der Waals surface area contributed by atoms with Crippen LogP contribution in [0.2, 0.25) is 5.02 Å². The Balaban J connectivity index is 2.44. The molecule has 8 heteroatoms. The highest BCUT2D eigenvalue weighted by molar-refractivity contribution is 9.10. The second-order valence-corrected chi connectivity index (χ2v) is 4.93. The van der Waals surface area contributed by atoms with Crippen LogP contribution in [0.4, 0.5) is 14.5 Å². The van der Waals surface area contributed by atoms with Crippen LogP contribution in [0.3, 0.4) is 0 Å². The van der Waals surface area contributed by atoms with E-state index in [1.807, 2.05) is 0 Å². The molecule has 0 bridgehead atoms. The molecule has 0 radical (unpaired) electrons. The van der Waals surface area contributed by atoms with E-state index >= 15 is 0 Å². The molecule has 0 N–H and O–H groups in total. The summed E-state index contributed by atoms with van der Waals surface area (Å²) in [6.07, 6.45) is 0. The molecule has 20 heavy (non-hydrogen) atoms. The van der Waals surface area contributed by atoms with Crippen molar-refractivity contribution >= 4 is 33.2 Å². The average Bonchev–Trinajstić information content (AvgIpc) is 2.37. The monoisotopic (exact) mass is 363 g/mol. The van der Waals surface area contributed by atoms with Crippen molar-refractivity contribution in [1.29, 1.82) is 0 Å². The van der Waals surface area contributed by atoms with Crippen LogP contribution in [-0.4, -0.2) is 4.92 Å². The predicted molar refractivity (Wildman–Crippen MR) is 72.2 cm³/mol. The lowest BCUT2D eigenvalue weighted by molar-refractivity contribution is -0.385. The van der Waals surface area contributed by atoms with Crippen LogP contribution >= 0.6 is 27.5 Å².